The van der Waals surface area contributed by atoms with Crippen LogP contribution in [0.15, 0.2) is 11.0 Å². The maximum Gasteiger partial charge on any atom is 0.254 e. The minimum absolute atomic E-state index is 0.108. The van der Waals surface area contributed by atoms with Crippen LogP contribution in [0.2, 0.25) is 0 Å². The van der Waals surface area contributed by atoms with Gasteiger partial charge in [-0.1, -0.05) is 6.92 Å². The van der Waals surface area contributed by atoms with E-state index in [1.165, 1.54) is 6.20 Å². The van der Waals surface area contributed by atoms with Crippen LogP contribution in [0.3, 0.4) is 0 Å². The number of H-pyrrole nitrogens is 2. The number of nitrogens with one attached hydrogen (secondary N) is 2. The van der Waals surface area contributed by atoms with E-state index in [-0.39, 0.29) is 5.56 Å². The van der Waals surface area contributed by atoms with Gasteiger partial charge in [-0.15, -0.1) is 0 Å². The third kappa shape index (κ3) is 1.65. The van der Waals surface area contributed by atoms with E-state index < -0.39 is 0 Å². The second kappa shape index (κ2) is 3.64. The third-order valence-electron chi connectivity index (χ3n) is 2.23. The summed E-state index contributed by atoms with van der Waals surface area (Å²) in [5, 5.41) is 9.99. The first-order chi connectivity index (χ1) is 7.22. The van der Waals surface area contributed by atoms with Crippen LogP contribution >= 0.6 is 0 Å². The maximum absolute atomic E-state index is 11.6. The molecule has 6 nitrogen and oxygen atoms in total. The summed E-state index contributed by atoms with van der Waals surface area (Å²) in [6.45, 7) is 3.74. The fraction of sp³-hybridized carbons (Fsp3) is 0.333. The summed E-state index contributed by atoms with van der Waals surface area (Å²) in [7, 11) is 0. The normalized spacial score (nSPS) is 10.5. The molecular weight excluding hydrogens is 194 g/mol. The molecule has 2 aromatic rings. The SMILES string of the molecule is CCc1c(C)nc(-c2cn[nH]n2)[nH]c1=O. The molecular formula is C9H11N5O. The molecule has 0 aliphatic heterocycles. The van der Waals surface area contributed by atoms with Gasteiger partial charge in [-0.2, -0.15) is 15.4 Å². The summed E-state index contributed by atoms with van der Waals surface area (Å²) in [6.07, 6.45) is 2.19. The number of rotatable bonds is 2. The second-order valence-electron chi connectivity index (χ2n) is 3.19. The third-order valence-corrected chi connectivity index (χ3v) is 2.23. The smallest absolute Gasteiger partial charge is 0.254 e. The standard InChI is InChI=1S/C9H11N5O/c1-3-6-5(2)11-8(12-9(6)15)7-4-10-14-13-7/h4H,3H2,1-2H3,(H,10,13,14)(H,11,12,15). The van der Waals surface area contributed by atoms with E-state index in [0.29, 0.717) is 23.5 Å². The molecule has 0 aromatic carbocycles. The summed E-state index contributed by atoms with van der Waals surface area (Å²) in [5.74, 6) is 0.448. The molecule has 0 atom stereocenters. The van der Waals surface area contributed by atoms with Crippen molar-refractivity contribution in [1.82, 2.24) is 25.4 Å². The van der Waals surface area contributed by atoms with Crippen molar-refractivity contribution in [2.24, 2.45) is 0 Å². The lowest BCUT2D eigenvalue weighted by Crippen LogP contribution is -2.16. The van der Waals surface area contributed by atoms with Crippen molar-refractivity contribution in [2.75, 3.05) is 0 Å². The zero-order valence-corrected chi connectivity index (χ0v) is 8.53. The van der Waals surface area contributed by atoms with Crippen LogP contribution < -0.4 is 5.56 Å². The van der Waals surface area contributed by atoms with Crippen LogP contribution in [0.25, 0.3) is 11.5 Å². The van der Waals surface area contributed by atoms with Crippen molar-refractivity contribution >= 4 is 0 Å². The number of aromatic amines is 2. The molecule has 0 fully saturated rings. The Morgan fingerprint density at radius 1 is 1.47 bits per heavy atom. The highest BCUT2D eigenvalue weighted by molar-refractivity contribution is 5.46. The number of aryl methyl sites for hydroxylation is 1. The van der Waals surface area contributed by atoms with Crippen LogP contribution in [0.4, 0.5) is 0 Å². The molecule has 2 N–H and O–H groups in total. The first kappa shape index (κ1) is 9.57. The summed E-state index contributed by atoms with van der Waals surface area (Å²) in [4.78, 5) is 18.6. The topological polar surface area (TPSA) is 87.3 Å². The van der Waals surface area contributed by atoms with E-state index in [4.69, 9.17) is 0 Å². The fourth-order valence-electron chi connectivity index (χ4n) is 1.46. The lowest BCUT2D eigenvalue weighted by atomic mass is 10.2. The molecule has 0 bridgehead atoms. The minimum atomic E-state index is -0.108. The zero-order chi connectivity index (χ0) is 10.8. The lowest BCUT2D eigenvalue weighted by molar-refractivity contribution is 0.927. The Labute approximate surface area is 85.8 Å². The number of nitrogens with zero attached hydrogens (tertiary/aromatic N) is 3. The molecule has 6 heteroatoms. The van der Waals surface area contributed by atoms with Crippen LogP contribution in [-0.2, 0) is 6.42 Å². The lowest BCUT2D eigenvalue weighted by Gasteiger charge is -2.02. The number of hydrogen-bond donors (Lipinski definition) is 2. The largest absolute Gasteiger partial charge is 0.305 e. The van der Waals surface area contributed by atoms with E-state index in [1.807, 2.05) is 13.8 Å². The van der Waals surface area contributed by atoms with Crippen LogP contribution in [0, 0.1) is 6.92 Å². The Bertz CT molecular complexity index is 514. The monoisotopic (exact) mass is 205 g/mol. The summed E-state index contributed by atoms with van der Waals surface area (Å²) < 4.78 is 0. The average molecular weight is 205 g/mol. The van der Waals surface area contributed by atoms with Gasteiger partial charge in [0.2, 0.25) is 0 Å². The first-order valence-electron chi connectivity index (χ1n) is 4.68. The van der Waals surface area contributed by atoms with Gasteiger partial charge in [0, 0.05) is 11.3 Å². The van der Waals surface area contributed by atoms with E-state index in [9.17, 15) is 4.79 Å². The molecule has 78 valence electrons. The summed E-state index contributed by atoms with van der Waals surface area (Å²) in [6, 6.07) is 0. The van der Waals surface area contributed by atoms with E-state index in [2.05, 4.69) is 25.4 Å². The molecule has 0 aliphatic rings. The molecule has 0 saturated carbocycles. The quantitative estimate of drug-likeness (QED) is 0.744. The molecule has 15 heavy (non-hydrogen) atoms. The molecule has 2 heterocycles. The minimum Gasteiger partial charge on any atom is -0.305 e. The molecule has 0 unspecified atom stereocenters. The van der Waals surface area contributed by atoms with Crippen molar-refractivity contribution in [2.45, 2.75) is 20.3 Å². The second-order valence-corrected chi connectivity index (χ2v) is 3.19. The Hall–Kier alpha value is -1.98. The van der Waals surface area contributed by atoms with Gasteiger partial charge in [0.1, 0.15) is 5.69 Å². The predicted octanol–water partition coefficient (Wildman–Crippen LogP) is 0.426. The summed E-state index contributed by atoms with van der Waals surface area (Å²) in [5.41, 5.74) is 1.88. The Balaban J connectivity index is 2.58. The van der Waals surface area contributed by atoms with Gasteiger partial charge in [0.15, 0.2) is 5.82 Å². The van der Waals surface area contributed by atoms with Gasteiger partial charge in [0.25, 0.3) is 5.56 Å². The van der Waals surface area contributed by atoms with Crippen LogP contribution in [0.5, 0.6) is 0 Å². The van der Waals surface area contributed by atoms with Crippen LogP contribution in [-0.4, -0.2) is 25.4 Å². The Morgan fingerprint density at radius 2 is 2.27 bits per heavy atom. The molecule has 0 aliphatic carbocycles. The highest BCUT2D eigenvalue weighted by Gasteiger charge is 2.09. The van der Waals surface area contributed by atoms with Gasteiger partial charge >= 0.3 is 0 Å². The average Bonchev–Trinajstić information content (AvgIpc) is 2.69. The molecule has 0 amide bonds. The zero-order valence-electron chi connectivity index (χ0n) is 8.53. The predicted molar refractivity (Wildman–Crippen MR) is 54.3 cm³/mol. The Morgan fingerprint density at radius 3 is 2.80 bits per heavy atom. The van der Waals surface area contributed by atoms with Gasteiger partial charge in [-0.25, -0.2) is 4.98 Å². The van der Waals surface area contributed by atoms with E-state index in [0.717, 1.165) is 5.69 Å². The maximum atomic E-state index is 11.6. The fourth-order valence-corrected chi connectivity index (χ4v) is 1.46. The van der Waals surface area contributed by atoms with Crippen molar-refractivity contribution < 1.29 is 0 Å². The van der Waals surface area contributed by atoms with Crippen molar-refractivity contribution in [1.29, 1.82) is 0 Å². The highest BCUT2D eigenvalue weighted by Crippen LogP contribution is 2.09. The van der Waals surface area contributed by atoms with Crippen molar-refractivity contribution in [3.63, 3.8) is 0 Å². The van der Waals surface area contributed by atoms with Crippen molar-refractivity contribution in [3.8, 4) is 11.5 Å². The first-order valence-corrected chi connectivity index (χ1v) is 4.68. The van der Waals surface area contributed by atoms with Gasteiger partial charge < -0.3 is 4.98 Å². The molecule has 0 radical (unpaired) electrons. The summed E-state index contributed by atoms with van der Waals surface area (Å²) >= 11 is 0. The molecule has 2 aromatic heterocycles. The van der Waals surface area contributed by atoms with E-state index in [1.54, 1.807) is 0 Å². The molecule has 2 rings (SSSR count). The van der Waals surface area contributed by atoms with Crippen molar-refractivity contribution in [3.05, 3.63) is 27.8 Å². The van der Waals surface area contributed by atoms with Gasteiger partial charge in [-0.3, -0.25) is 4.79 Å². The molecule has 0 saturated heterocycles. The molecule has 0 spiro atoms. The van der Waals surface area contributed by atoms with E-state index >= 15 is 0 Å². The van der Waals surface area contributed by atoms with Gasteiger partial charge in [0.05, 0.1) is 6.20 Å². The Kier molecular flexibility index (Phi) is 2.32. The number of hydrogen-bond acceptors (Lipinski definition) is 4. The number of aromatic nitrogens is 5. The highest BCUT2D eigenvalue weighted by atomic mass is 16.1. The van der Waals surface area contributed by atoms with Gasteiger partial charge in [-0.05, 0) is 13.3 Å². The van der Waals surface area contributed by atoms with Crippen LogP contribution in [0.1, 0.15) is 18.2 Å².